The third kappa shape index (κ3) is 2.63. The quantitative estimate of drug-likeness (QED) is 0.931. The molecule has 2 unspecified atom stereocenters. The van der Waals surface area contributed by atoms with Crippen molar-refractivity contribution in [1.29, 1.82) is 0 Å². The Bertz CT molecular complexity index is 454. The van der Waals surface area contributed by atoms with Crippen LogP contribution in [0.4, 0.5) is 0 Å². The number of thiophene rings is 1. The van der Waals surface area contributed by atoms with Crippen LogP contribution in [-0.2, 0) is 4.79 Å². The molecule has 110 valence electrons. The Kier molecular flexibility index (Phi) is 4.38. The number of carbonyl (C=O) groups excluding carboxylic acids is 1. The molecule has 1 amide bonds. The number of amides is 1. The number of rotatable bonds is 3. The van der Waals surface area contributed by atoms with Gasteiger partial charge >= 0.3 is 0 Å². The normalized spacial score (nSPS) is 28.6. The van der Waals surface area contributed by atoms with Crippen LogP contribution >= 0.6 is 23.1 Å². The SMILES string of the molecule is CC(C)C1NC(c2cccs2)N(C2CCSCC2)C1=O. The summed E-state index contributed by atoms with van der Waals surface area (Å²) in [5.41, 5.74) is 0. The minimum Gasteiger partial charge on any atom is -0.318 e. The van der Waals surface area contributed by atoms with Crippen LogP contribution in [-0.4, -0.2) is 34.4 Å². The van der Waals surface area contributed by atoms with Gasteiger partial charge in [-0.25, -0.2) is 0 Å². The van der Waals surface area contributed by atoms with Crippen molar-refractivity contribution in [2.24, 2.45) is 5.92 Å². The molecule has 3 rings (SSSR count). The Morgan fingerprint density at radius 1 is 1.35 bits per heavy atom. The summed E-state index contributed by atoms with van der Waals surface area (Å²) in [6, 6.07) is 4.59. The highest BCUT2D eigenvalue weighted by atomic mass is 32.2. The van der Waals surface area contributed by atoms with E-state index < -0.39 is 0 Å². The summed E-state index contributed by atoms with van der Waals surface area (Å²) >= 11 is 3.75. The van der Waals surface area contributed by atoms with Crippen molar-refractivity contribution in [3.05, 3.63) is 22.4 Å². The van der Waals surface area contributed by atoms with Gasteiger partial charge in [0.25, 0.3) is 0 Å². The van der Waals surface area contributed by atoms with Gasteiger partial charge in [0, 0.05) is 10.9 Å². The lowest BCUT2D eigenvalue weighted by molar-refractivity contribution is -0.133. The van der Waals surface area contributed by atoms with Crippen molar-refractivity contribution < 1.29 is 4.79 Å². The Labute approximate surface area is 129 Å². The van der Waals surface area contributed by atoms with Gasteiger partial charge in [0.1, 0.15) is 6.17 Å². The summed E-state index contributed by atoms with van der Waals surface area (Å²) in [6.07, 6.45) is 2.35. The molecular weight excluding hydrogens is 288 g/mol. The summed E-state index contributed by atoms with van der Waals surface area (Å²) in [7, 11) is 0. The molecule has 1 aromatic heterocycles. The first kappa shape index (κ1) is 14.4. The largest absolute Gasteiger partial charge is 0.318 e. The standard InChI is InChI=1S/C15H22N2OS2/c1-10(2)13-15(18)17(11-5-8-19-9-6-11)14(16-13)12-4-3-7-20-12/h3-4,7,10-11,13-14,16H,5-6,8-9H2,1-2H3. The maximum atomic E-state index is 12.8. The van der Waals surface area contributed by atoms with Crippen LogP contribution in [0.3, 0.4) is 0 Å². The molecular formula is C15H22N2OS2. The van der Waals surface area contributed by atoms with Crippen molar-refractivity contribution in [2.75, 3.05) is 11.5 Å². The summed E-state index contributed by atoms with van der Waals surface area (Å²) < 4.78 is 0. The fourth-order valence-corrected chi connectivity index (χ4v) is 4.97. The van der Waals surface area contributed by atoms with Crippen LogP contribution in [0, 0.1) is 5.92 Å². The molecule has 2 aliphatic rings. The predicted molar refractivity (Wildman–Crippen MR) is 86.0 cm³/mol. The second kappa shape index (κ2) is 6.08. The highest BCUT2D eigenvalue weighted by Gasteiger charge is 2.44. The Morgan fingerprint density at radius 3 is 2.70 bits per heavy atom. The molecule has 2 aliphatic heterocycles. The molecule has 0 aromatic carbocycles. The molecule has 20 heavy (non-hydrogen) atoms. The van der Waals surface area contributed by atoms with E-state index in [0.29, 0.717) is 17.9 Å². The molecule has 3 heterocycles. The lowest BCUT2D eigenvalue weighted by Crippen LogP contribution is -2.42. The molecule has 1 N–H and O–H groups in total. The second-order valence-corrected chi connectivity index (χ2v) is 8.10. The van der Waals surface area contributed by atoms with Gasteiger partial charge in [0.05, 0.1) is 6.04 Å². The minimum atomic E-state index is -0.0309. The first-order valence-electron chi connectivity index (χ1n) is 7.38. The van der Waals surface area contributed by atoms with Gasteiger partial charge in [-0.1, -0.05) is 19.9 Å². The first-order chi connectivity index (χ1) is 9.68. The number of thioether (sulfide) groups is 1. The maximum absolute atomic E-state index is 12.8. The van der Waals surface area contributed by atoms with Gasteiger partial charge < -0.3 is 4.90 Å². The summed E-state index contributed by atoms with van der Waals surface area (Å²) in [5, 5.41) is 5.67. The number of nitrogens with one attached hydrogen (secondary N) is 1. The molecule has 1 aromatic rings. The summed E-state index contributed by atoms with van der Waals surface area (Å²) in [4.78, 5) is 16.2. The van der Waals surface area contributed by atoms with Crippen LogP contribution in [0.1, 0.15) is 37.7 Å². The number of carbonyl (C=O) groups is 1. The average molecular weight is 310 g/mol. The van der Waals surface area contributed by atoms with Gasteiger partial charge in [-0.3, -0.25) is 10.1 Å². The van der Waals surface area contributed by atoms with Gasteiger partial charge in [0.15, 0.2) is 0 Å². The van der Waals surface area contributed by atoms with Gasteiger partial charge in [-0.15, -0.1) is 11.3 Å². The lowest BCUT2D eigenvalue weighted by atomic mass is 10.0. The lowest BCUT2D eigenvalue weighted by Gasteiger charge is -2.34. The van der Waals surface area contributed by atoms with Crippen molar-refractivity contribution in [1.82, 2.24) is 10.2 Å². The number of nitrogens with zero attached hydrogens (tertiary/aromatic N) is 1. The van der Waals surface area contributed by atoms with Crippen molar-refractivity contribution in [2.45, 2.75) is 44.9 Å². The Hall–Kier alpha value is -0.520. The maximum Gasteiger partial charge on any atom is 0.241 e. The molecule has 2 saturated heterocycles. The second-order valence-electron chi connectivity index (χ2n) is 5.90. The van der Waals surface area contributed by atoms with Gasteiger partial charge in [0.2, 0.25) is 5.91 Å². The topological polar surface area (TPSA) is 32.3 Å². The molecule has 0 spiro atoms. The van der Waals surface area contributed by atoms with Crippen LogP contribution in [0.2, 0.25) is 0 Å². The fraction of sp³-hybridized carbons (Fsp3) is 0.667. The van der Waals surface area contributed by atoms with E-state index in [2.05, 4.69) is 41.6 Å². The molecule has 0 bridgehead atoms. The van der Waals surface area contributed by atoms with E-state index in [1.807, 2.05) is 11.8 Å². The molecule has 2 fully saturated rings. The number of hydrogen-bond acceptors (Lipinski definition) is 4. The molecule has 0 saturated carbocycles. The predicted octanol–water partition coefficient (Wildman–Crippen LogP) is 3.10. The smallest absolute Gasteiger partial charge is 0.241 e. The van der Waals surface area contributed by atoms with Crippen molar-refractivity contribution >= 4 is 29.0 Å². The van der Waals surface area contributed by atoms with E-state index >= 15 is 0 Å². The monoisotopic (exact) mass is 310 g/mol. The zero-order chi connectivity index (χ0) is 14.1. The molecule has 3 nitrogen and oxygen atoms in total. The van der Waals surface area contributed by atoms with Gasteiger partial charge in [-0.05, 0) is 41.7 Å². The van der Waals surface area contributed by atoms with Crippen LogP contribution < -0.4 is 5.32 Å². The Morgan fingerprint density at radius 2 is 2.10 bits per heavy atom. The molecule has 5 heteroatoms. The van der Waals surface area contributed by atoms with Crippen molar-refractivity contribution in [3.63, 3.8) is 0 Å². The van der Waals surface area contributed by atoms with E-state index in [1.54, 1.807) is 11.3 Å². The third-order valence-electron chi connectivity index (χ3n) is 4.20. The van der Waals surface area contributed by atoms with E-state index in [4.69, 9.17) is 0 Å². The molecule has 2 atom stereocenters. The Balaban J connectivity index is 1.87. The van der Waals surface area contributed by atoms with E-state index in [-0.39, 0.29) is 12.2 Å². The van der Waals surface area contributed by atoms with Gasteiger partial charge in [-0.2, -0.15) is 11.8 Å². The molecule has 0 radical (unpaired) electrons. The zero-order valence-electron chi connectivity index (χ0n) is 12.0. The summed E-state index contributed by atoms with van der Waals surface area (Å²) in [6.45, 7) is 4.25. The highest BCUT2D eigenvalue weighted by molar-refractivity contribution is 7.99. The number of hydrogen-bond donors (Lipinski definition) is 1. The van der Waals surface area contributed by atoms with Crippen LogP contribution in [0.15, 0.2) is 17.5 Å². The van der Waals surface area contributed by atoms with Crippen molar-refractivity contribution in [3.8, 4) is 0 Å². The average Bonchev–Trinajstić information content (AvgIpc) is 3.06. The van der Waals surface area contributed by atoms with E-state index in [9.17, 15) is 4.79 Å². The summed E-state index contributed by atoms with van der Waals surface area (Å²) in [5.74, 6) is 3.00. The fourth-order valence-electron chi connectivity index (χ4n) is 3.11. The van der Waals surface area contributed by atoms with Crippen LogP contribution in [0.5, 0.6) is 0 Å². The van der Waals surface area contributed by atoms with E-state index in [1.165, 1.54) is 16.4 Å². The molecule has 0 aliphatic carbocycles. The van der Waals surface area contributed by atoms with Crippen LogP contribution in [0.25, 0.3) is 0 Å². The highest BCUT2D eigenvalue weighted by Crippen LogP contribution is 2.35. The zero-order valence-corrected chi connectivity index (χ0v) is 13.7. The first-order valence-corrected chi connectivity index (χ1v) is 9.41. The third-order valence-corrected chi connectivity index (χ3v) is 6.17. The van der Waals surface area contributed by atoms with E-state index in [0.717, 1.165) is 12.8 Å². The minimum absolute atomic E-state index is 0.0309.